The summed E-state index contributed by atoms with van der Waals surface area (Å²) in [7, 11) is -3.54. The van der Waals surface area contributed by atoms with Gasteiger partial charge in [-0.1, -0.05) is 22.9 Å². The molecule has 1 aliphatic heterocycles. The molecule has 2 heterocycles. The molecule has 4 rings (SSSR count). The topological polar surface area (TPSA) is 70.6 Å². The van der Waals surface area contributed by atoms with Gasteiger partial charge in [0.25, 0.3) is 0 Å². The predicted molar refractivity (Wildman–Crippen MR) is 116 cm³/mol. The van der Waals surface area contributed by atoms with Crippen LogP contribution in [0.3, 0.4) is 0 Å². The molecule has 10 heteroatoms. The molecule has 1 aliphatic rings. The Morgan fingerprint density at radius 3 is 2.50 bits per heavy atom. The second-order valence-electron chi connectivity index (χ2n) is 7.00. The van der Waals surface area contributed by atoms with Crippen molar-refractivity contribution < 1.29 is 17.6 Å². The number of hydrogen-bond donors (Lipinski definition) is 0. The zero-order valence-electron chi connectivity index (χ0n) is 15.9. The lowest BCUT2D eigenvalue weighted by Gasteiger charge is -2.34. The van der Waals surface area contributed by atoms with Crippen LogP contribution < -0.4 is 4.90 Å². The Morgan fingerprint density at radius 1 is 1.10 bits per heavy atom. The van der Waals surface area contributed by atoms with Crippen LogP contribution in [0.2, 0.25) is 5.02 Å². The number of amides is 1. The van der Waals surface area contributed by atoms with E-state index in [0.29, 0.717) is 31.2 Å². The van der Waals surface area contributed by atoms with Crippen LogP contribution in [-0.4, -0.2) is 56.1 Å². The van der Waals surface area contributed by atoms with Crippen molar-refractivity contribution in [3.05, 3.63) is 53.3 Å². The van der Waals surface area contributed by atoms with E-state index in [4.69, 9.17) is 11.6 Å². The number of benzene rings is 2. The summed E-state index contributed by atoms with van der Waals surface area (Å²) in [5.41, 5.74) is 0.752. The predicted octanol–water partition coefficient (Wildman–Crippen LogP) is 3.60. The molecule has 0 atom stereocenters. The zero-order valence-corrected chi connectivity index (χ0v) is 18.3. The van der Waals surface area contributed by atoms with Crippen molar-refractivity contribution in [1.29, 1.82) is 0 Å². The van der Waals surface area contributed by atoms with Crippen LogP contribution in [0.25, 0.3) is 10.2 Å². The molecule has 0 saturated carbocycles. The molecule has 0 spiro atoms. The summed E-state index contributed by atoms with van der Waals surface area (Å²) in [4.78, 5) is 21.0. The summed E-state index contributed by atoms with van der Waals surface area (Å²) >= 11 is 7.22. The van der Waals surface area contributed by atoms with Gasteiger partial charge in [0.1, 0.15) is 5.82 Å². The van der Waals surface area contributed by atoms with Gasteiger partial charge >= 0.3 is 0 Å². The average molecular weight is 468 g/mol. The van der Waals surface area contributed by atoms with Crippen LogP contribution in [0.4, 0.5) is 9.52 Å². The minimum Gasteiger partial charge on any atom is -0.345 e. The highest BCUT2D eigenvalue weighted by Gasteiger charge is 2.25. The number of nitrogens with zero attached hydrogens (tertiary/aromatic N) is 3. The number of rotatable bonds is 5. The second-order valence-corrected chi connectivity index (χ2v) is 10.6. The largest absolute Gasteiger partial charge is 0.345 e. The van der Waals surface area contributed by atoms with Gasteiger partial charge in [-0.25, -0.2) is 17.8 Å². The molecule has 0 aliphatic carbocycles. The van der Waals surface area contributed by atoms with Gasteiger partial charge in [0.05, 0.1) is 20.9 Å². The first kappa shape index (κ1) is 21.0. The molecule has 1 saturated heterocycles. The molecule has 158 valence electrons. The number of halogens is 2. The first-order chi connectivity index (χ1) is 14.3. The maximum atomic E-state index is 13.4. The number of thiazole rings is 1. The summed E-state index contributed by atoms with van der Waals surface area (Å²) < 4.78 is 39.0. The number of carbonyl (C=O) groups excluding carboxylic acids is 1. The Bertz CT molecular complexity index is 1170. The fourth-order valence-corrected chi connectivity index (χ4v) is 5.71. The molecular weight excluding hydrogens is 449 g/mol. The Hall–Kier alpha value is -2.23. The third-order valence-electron chi connectivity index (χ3n) is 5.00. The molecular formula is C20H19ClFN3O3S2. The number of carbonyl (C=O) groups is 1. The second kappa shape index (κ2) is 8.49. The fourth-order valence-electron chi connectivity index (χ4n) is 3.31. The number of hydrogen-bond acceptors (Lipinski definition) is 6. The van der Waals surface area contributed by atoms with Crippen molar-refractivity contribution in [3.63, 3.8) is 0 Å². The first-order valence-corrected chi connectivity index (χ1v) is 12.2. The highest BCUT2D eigenvalue weighted by molar-refractivity contribution is 7.91. The molecule has 2 aromatic carbocycles. The standard InChI is InChI=1S/C20H19ClFN3O3S2/c21-14-1-4-16(5-2-14)30(27,28)12-7-19(26)24-8-10-25(11-9-24)20-23-17-6-3-15(22)13-18(17)29-20/h1-6,13H,7-12H2. The molecule has 1 fully saturated rings. The van der Waals surface area contributed by atoms with Crippen molar-refractivity contribution in [3.8, 4) is 0 Å². The van der Waals surface area contributed by atoms with E-state index < -0.39 is 9.84 Å². The van der Waals surface area contributed by atoms with E-state index in [-0.39, 0.29) is 28.8 Å². The van der Waals surface area contributed by atoms with E-state index in [1.165, 1.54) is 47.7 Å². The quantitative estimate of drug-likeness (QED) is 0.573. The van der Waals surface area contributed by atoms with E-state index in [9.17, 15) is 17.6 Å². The minimum atomic E-state index is -3.54. The lowest BCUT2D eigenvalue weighted by molar-refractivity contribution is -0.131. The third kappa shape index (κ3) is 4.58. The van der Waals surface area contributed by atoms with Gasteiger partial charge in [0.15, 0.2) is 15.0 Å². The molecule has 1 aromatic heterocycles. The van der Waals surface area contributed by atoms with Gasteiger partial charge in [-0.15, -0.1) is 0 Å². The summed E-state index contributed by atoms with van der Waals surface area (Å²) in [5.74, 6) is -0.711. The lowest BCUT2D eigenvalue weighted by Crippen LogP contribution is -2.49. The van der Waals surface area contributed by atoms with Gasteiger partial charge in [-0.3, -0.25) is 4.79 Å². The van der Waals surface area contributed by atoms with E-state index in [1.54, 1.807) is 11.0 Å². The third-order valence-corrected chi connectivity index (χ3v) is 8.06. The van der Waals surface area contributed by atoms with Crippen molar-refractivity contribution in [2.75, 3.05) is 36.8 Å². The molecule has 6 nitrogen and oxygen atoms in total. The van der Waals surface area contributed by atoms with Crippen molar-refractivity contribution in [2.45, 2.75) is 11.3 Å². The van der Waals surface area contributed by atoms with Crippen molar-refractivity contribution >= 4 is 54.0 Å². The van der Waals surface area contributed by atoms with Crippen molar-refractivity contribution in [1.82, 2.24) is 9.88 Å². The van der Waals surface area contributed by atoms with Gasteiger partial charge in [-0.2, -0.15) is 0 Å². The molecule has 30 heavy (non-hydrogen) atoms. The molecule has 0 radical (unpaired) electrons. The fraction of sp³-hybridized carbons (Fsp3) is 0.300. The van der Waals surface area contributed by atoms with Crippen LogP contribution in [0, 0.1) is 5.82 Å². The van der Waals surface area contributed by atoms with Crippen LogP contribution in [0.15, 0.2) is 47.4 Å². The van der Waals surface area contributed by atoms with Gasteiger partial charge in [0, 0.05) is 37.6 Å². The van der Waals surface area contributed by atoms with E-state index in [2.05, 4.69) is 9.88 Å². The molecule has 3 aromatic rings. The van der Waals surface area contributed by atoms with Gasteiger partial charge in [-0.05, 0) is 42.5 Å². The summed E-state index contributed by atoms with van der Waals surface area (Å²) in [6.45, 7) is 2.17. The molecule has 1 amide bonds. The van der Waals surface area contributed by atoms with Gasteiger partial charge in [0.2, 0.25) is 5.91 Å². The Kier molecular flexibility index (Phi) is 5.95. The van der Waals surface area contributed by atoms with E-state index >= 15 is 0 Å². The smallest absolute Gasteiger partial charge is 0.223 e. The van der Waals surface area contributed by atoms with Crippen molar-refractivity contribution in [2.24, 2.45) is 0 Å². The van der Waals surface area contributed by atoms with Crippen LogP contribution in [0.5, 0.6) is 0 Å². The first-order valence-electron chi connectivity index (χ1n) is 9.39. The monoisotopic (exact) mass is 467 g/mol. The molecule has 0 unspecified atom stereocenters. The summed E-state index contributed by atoms with van der Waals surface area (Å²) in [6, 6.07) is 10.5. The highest BCUT2D eigenvalue weighted by Crippen LogP contribution is 2.30. The molecule has 0 N–H and O–H groups in total. The Balaban J connectivity index is 1.33. The highest BCUT2D eigenvalue weighted by atomic mass is 35.5. The van der Waals surface area contributed by atoms with Crippen LogP contribution >= 0.6 is 22.9 Å². The Morgan fingerprint density at radius 2 is 1.80 bits per heavy atom. The minimum absolute atomic E-state index is 0.0641. The lowest BCUT2D eigenvalue weighted by atomic mass is 10.3. The van der Waals surface area contributed by atoms with Crippen LogP contribution in [-0.2, 0) is 14.6 Å². The Labute approximate surface area is 182 Å². The zero-order chi connectivity index (χ0) is 21.3. The van der Waals surface area contributed by atoms with E-state index in [1.807, 2.05) is 0 Å². The summed E-state index contributed by atoms with van der Waals surface area (Å²) in [5, 5.41) is 1.26. The number of fused-ring (bicyclic) bond motifs is 1. The summed E-state index contributed by atoms with van der Waals surface area (Å²) in [6.07, 6.45) is -0.0641. The van der Waals surface area contributed by atoms with E-state index in [0.717, 1.165) is 15.3 Å². The molecule has 0 bridgehead atoms. The van der Waals surface area contributed by atoms with Crippen LogP contribution in [0.1, 0.15) is 6.42 Å². The normalized spacial score (nSPS) is 15.0. The average Bonchev–Trinajstić information content (AvgIpc) is 3.16. The van der Waals surface area contributed by atoms with Gasteiger partial charge < -0.3 is 9.80 Å². The maximum absolute atomic E-state index is 13.4. The number of piperazine rings is 1. The SMILES string of the molecule is O=C(CCS(=O)(=O)c1ccc(Cl)cc1)N1CCN(c2nc3ccc(F)cc3s2)CC1. The number of aromatic nitrogens is 1. The number of sulfone groups is 1. The number of anilines is 1. The maximum Gasteiger partial charge on any atom is 0.223 e.